The van der Waals surface area contributed by atoms with Gasteiger partial charge in [-0.15, -0.1) is 0 Å². The fourth-order valence-electron chi connectivity index (χ4n) is 1.53. The maximum Gasteiger partial charge on any atom is 0.351 e. The van der Waals surface area contributed by atoms with Gasteiger partial charge in [0.15, 0.2) is 0 Å². The molecule has 0 bridgehead atoms. The highest BCUT2D eigenvalue weighted by atomic mass is 79.9. The van der Waals surface area contributed by atoms with Crippen LogP contribution in [-0.4, -0.2) is 13.2 Å². The van der Waals surface area contributed by atoms with Gasteiger partial charge < -0.3 is 14.8 Å². The summed E-state index contributed by atoms with van der Waals surface area (Å²) < 4.78 is 50.1. The molecule has 0 saturated carbocycles. The zero-order valence-corrected chi connectivity index (χ0v) is 13.0. The molecule has 0 unspecified atom stereocenters. The molecular weight excluding hydrogens is 343 g/mol. The van der Waals surface area contributed by atoms with Crippen molar-refractivity contribution in [3.63, 3.8) is 0 Å². The predicted molar refractivity (Wildman–Crippen MR) is 71.8 cm³/mol. The highest BCUT2D eigenvalue weighted by Crippen LogP contribution is 2.59. The van der Waals surface area contributed by atoms with Crippen LogP contribution in [0.3, 0.4) is 0 Å². The third kappa shape index (κ3) is 3.61. The van der Waals surface area contributed by atoms with Gasteiger partial charge in [-0.2, -0.15) is 0 Å². The maximum atomic E-state index is 13.9. The minimum atomic E-state index is -3.83. The van der Waals surface area contributed by atoms with Crippen LogP contribution in [0.25, 0.3) is 0 Å². The Hall–Kier alpha value is -0.330. The second-order valence-corrected chi connectivity index (χ2v) is 6.58. The summed E-state index contributed by atoms with van der Waals surface area (Å²) in [6.07, 6.45) is 0. The molecule has 19 heavy (non-hydrogen) atoms. The minimum Gasteiger partial charge on any atom is -0.314 e. The Labute approximate surface area is 118 Å². The van der Waals surface area contributed by atoms with E-state index in [9.17, 15) is 13.3 Å². The number of rotatable bonds is 6. The van der Waals surface area contributed by atoms with Gasteiger partial charge in [0.1, 0.15) is 17.4 Å². The topological polar surface area (TPSA) is 61.5 Å². The van der Waals surface area contributed by atoms with Crippen LogP contribution in [0.2, 0.25) is 0 Å². The molecule has 0 spiro atoms. The van der Waals surface area contributed by atoms with Crippen molar-refractivity contribution < 1.29 is 22.4 Å². The average molecular weight is 358 g/mol. The first-order valence-corrected chi connectivity index (χ1v) is 8.05. The van der Waals surface area contributed by atoms with E-state index in [2.05, 4.69) is 15.9 Å². The molecule has 2 N–H and O–H groups in total. The van der Waals surface area contributed by atoms with E-state index in [1.165, 1.54) is 6.07 Å². The summed E-state index contributed by atoms with van der Waals surface area (Å²) in [6.45, 7) is 3.29. The molecule has 1 rings (SSSR count). The van der Waals surface area contributed by atoms with Crippen molar-refractivity contribution in [1.29, 1.82) is 0 Å². The van der Waals surface area contributed by atoms with Crippen LogP contribution in [-0.2, 0) is 13.6 Å². The fraction of sp³-hybridized carbons (Fsp3) is 0.455. The Morgan fingerprint density at radius 1 is 1.32 bits per heavy atom. The van der Waals surface area contributed by atoms with Crippen LogP contribution in [0.15, 0.2) is 16.6 Å². The van der Waals surface area contributed by atoms with Crippen molar-refractivity contribution in [1.82, 2.24) is 0 Å². The lowest BCUT2D eigenvalue weighted by Gasteiger charge is -2.24. The lowest BCUT2D eigenvalue weighted by atomic mass is 10.2. The van der Waals surface area contributed by atoms with E-state index >= 15 is 0 Å². The number of benzene rings is 1. The minimum absolute atomic E-state index is 0.0268. The molecule has 0 heterocycles. The number of hydrogen-bond acceptors (Lipinski definition) is 4. The maximum absolute atomic E-state index is 13.9. The molecule has 0 radical (unpaired) electrons. The van der Waals surface area contributed by atoms with E-state index in [0.717, 1.165) is 6.07 Å². The van der Waals surface area contributed by atoms with Gasteiger partial charge in [-0.05, 0) is 41.9 Å². The van der Waals surface area contributed by atoms with Crippen molar-refractivity contribution >= 4 is 23.5 Å². The molecule has 0 amide bonds. The summed E-state index contributed by atoms with van der Waals surface area (Å²) in [7, 11) is -3.83. The first-order valence-electron chi connectivity index (χ1n) is 5.65. The van der Waals surface area contributed by atoms with Gasteiger partial charge in [0, 0.05) is 0 Å². The number of halogens is 3. The summed E-state index contributed by atoms with van der Waals surface area (Å²) in [5.74, 6) is -3.33. The Kier molecular flexibility index (Phi) is 6.08. The number of hydrogen-bond donors (Lipinski definition) is 1. The molecule has 0 aliphatic rings. The van der Waals surface area contributed by atoms with E-state index in [-0.39, 0.29) is 17.7 Å². The average Bonchev–Trinajstić information content (AvgIpc) is 2.35. The van der Waals surface area contributed by atoms with Gasteiger partial charge in [0.05, 0.1) is 23.2 Å². The lowest BCUT2D eigenvalue weighted by Crippen LogP contribution is -2.18. The second kappa shape index (κ2) is 6.90. The first-order chi connectivity index (χ1) is 8.87. The van der Waals surface area contributed by atoms with E-state index in [1.807, 2.05) is 0 Å². The van der Waals surface area contributed by atoms with Gasteiger partial charge in [0.25, 0.3) is 0 Å². The van der Waals surface area contributed by atoms with E-state index in [0.29, 0.717) is 0 Å². The number of nitrogens with two attached hydrogens (primary N) is 1. The van der Waals surface area contributed by atoms with Gasteiger partial charge in [-0.1, -0.05) is 0 Å². The van der Waals surface area contributed by atoms with Crippen molar-refractivity contribution in [2.75, 3.05) is 13.2 Å². The molecule has 4 nitrogen and oxygen atoms in total. The normalized spacial score (nSPS) is 13.6. The zero-order valence-electron chi connectivity index (χ0n) is 10.5. The SMILES string of the molecule is CCOP(=O)(OCC)[C@@H](N)c1c(F)ccc(Br)c1F. The van der Waals surface area contributed by atoms with Crippen LogP contribution < -0.4 is 5.73 Å². The summed E-state index contributed by atoms with van der Waals surface area (Å²) in [5.41, 5.74) is 5.19. The Balaban J connectivity index is 3.28. The molecule has 0 aliphatic carbocycles. The molecule has 1 aromatic rings. The molecule has 0 aliphatic heterocycles. The highest BCUT2D eigenvalue weighted by Gasteiger charge is 2.37. The first kappa shape index (κ1) is 16.7. The Morgan fingerprint density at radius 2 is 1.84 bits per heavy atom. The van der Waals surface area contributed by atoms with Crippen LogP contribution >= 0.6 is 23.5 Å². The van der Waals surface area contributed by atoms with E-state index < -0.39 is 30.6 Å². The van der Waals surface area contributed by atoms with Gasteiger partial charge in [-0.25, -0.2) is 8.78 Å². The molecular formula is C11H15BrF2NO3P. The molecule has 0 saturated heterocycles. The van der Waals surface area contributed by atoms with Gasteiger partial charge in [0.2, 0.25) is 0 Å². The monoisotopic (exact) mass is 357 g/mol. The predicted octanol–water partition coefficient (Wildman–Crippen LogP) is 3.95. The quantitative estimate of drug-likeness (QED) is 0.618. The summed E-state index contributed by atoms with van der Waals surface area (Å²) in [4.78, 5) is 0. The Bertz CT molecular complexity index is 491. The smallest absolute Gasteiger partial charge is 0.314 e. The van der Waals surface area contributed by atoms with Gasteiger partial charge >= 0.3 is 7.60 Å². The van der Waals surface area contributed by atoms with Gasteiger partial charge in [-0.3, -0.25) is 4.57 Å². The molecule has 8 heteroatoms. The van der Waals surface area contributed by atoms with Crippen molar-refractivity contribution in [2.24, 2.45) is 5.73 Å². The molecule has 0 fully saturated rings. The molecule has 1 atom stereocenters. The molecule has 0 aromatic heterocycles. The van der Waals surface area contributed by atoms with Crippen molar-refractivity contribution in [2.45, 2.75) is 19.6 Å². The van der Waals surface area contributed by atoms with Crippen molar-refractivity contribution in [3.8, 4) is 0 Å². The van der Waals surface area contributed by atoms with Crippen LogP contribution in [0.5, 0.6) is 0 Å². The standard InChI is InChI=1S/C11H15BrF2NO3P/c1-3-17-19(16,18-4-2)11(15)9-8(13)6-5-7(12)10(9)14/h5-6,11H,3-4,15H2,1-2H3/t11-/m1/s1. The second-order valence-electron chi connectivity index (χ2n) is 3.58. The van der Waals surface area contributed by atoms with E-state index in [4.69, 9.17) is 14.8 Å². The third-order valence-electron chi connectivity index (χ3n) is 2.33. The van der Waals surface area contributed by atoms with Crippen molar-refractivity contribution in [3.05, 3.63) is 33.8 Å². The molecule has 108 valence electrons. The van der Waals surface area contributed by atoms with Crippen LogP contribution in [0, 0.1) is 11.6 Å². The summed E-state index contributed by atoms with van der Waals surface area (Å²) >= 11 is 2.92. The summed E-state index contributed by atoms with van der Waals surface area (Å²) in [6, 6.07) is 2.23. The third-order valence-corrected chi connectivity index (χ3v) is 5.12. The lowest BCUT2D eigenvalue weighted by molar-refractivity contribution is 0.211. The molecule has 1 aromatic carbocycles. The summed E-state index contributed by atoms with van der Waals surface area (Å²) in [5, 5.41) is 0. The van der Waals surface area contributed by atoms with Crippen LogP contribution in [0.4, 0.5) is 8.78 Å². The Morgan fingerprint density at radius 3 is 2.32 bits per heavy atom. The van der Waals surface area contributed by atoms with E-state index in [1.54, 1.807) is 13.8 Å². The highest BCUT2D eigenvalue weighted by molar-refractivity contribution is 9.10. The largest absolute Gasteiger partial charge is 0.351 e. The van der Waals surface area contributed by atoms with Crippen LogP contribution in [0.1, 0.15) is 25.2 Å². The zero-order chi connectivity index (χ0) is 14.6. The fourth-order valence-corrected chi connectivity index (χ4v) is 3.54.